The Labute approximate surface area is 121 Å². The number of halogens is 1. The van der Waals surface area contributed by atoms with E-state index in [9.17, 15) is 4.79 Å². The van der Waals surface area contributed by atoms with Crippen molar-refractivity contribution in [3.05, 3.63) is 34.3 Å². The van der Waals surface area contributed by atoms with E-state index in [2.05, 4.69) is 27.8 Å². The Morgan fingerprint density at radius 1 is 1.47 bits per heavy atom. The quantitative estimate of drug-likeness (QED) is 0.925. The lowest BCUT2D eigenvalue weighted by Crippen LogP contribution is -2.40. The van der Waals surface area contributed by atoms with Crippen molar-refractivity contribution in [2.24, 2.45) is 10.7 Å². The molecule has 1 amide bonds. The first-order valence-corrected chi connectivity index (χ1v) is 7.20. The second-order valence-electron chi connectivity index (χ2n) is 4.81. The van der Waals surface area contributed by atoms with E-state index in [-0.39, 0.29) is 5.91 Å². The summed E-state index contributed by atoms with van der Waals surface area (Å²) < 4.78 is 0.942. The second-order valence-corrected chi connectivity index (χ2v) is 5.72. The molecule has 1 aromatic rings. The molecule has 1 unspecified atom stereocenters. The zero-order valence-corrected chi connectivity index (χ0v) is 12.8. The first-order valence-electron chi connectivity index (χ1n) is 6.41. The highest BCUT2D eigenvalue weighted by atomic mass is 79.9. The first kappa shape index (κ1) is 14.1. The highest BCUT2D eigenvalue weighted by Crippen LogP contribution is 2.38. The van der Waals surface area contributed by atoms with Crippen molar-refractivity contribution in [2.45, 2.75) is 31.7 Å². The number of likely N-dealkylation sites (N-methyl/N-ethyl adjacent to an activating group) is 1. The molecular weight excluding hydrogens is 306 g/mol. The van der Waals surface area contributed by atoms with Crippen LogP contribution >= 0.6 is 15.9 Å². The maximum absolute atomic E-state index is 12.6. The fourth-order valence-electron chi connectivity index (χ4n) is 2.37. The number of aliphatic imine (C=N–C) groups is 1. The van der Waals surface area contributed by atoms with E-state index in [4.69, 9.17) is 5.73 Å². The zero-order valence-electron chi connectivity index (χ0n) is 11.2. The van der Waals surface area contributed by atoms with Gasteiger partial charge < -0.3 is 5.73 Å². The Bertz CT molecular complexity index is 529. The summed E-state index contributed by atoms with van der Waals surface area (Å²) in [5.74, 6) is 0.248. The molecule has 1 heterocycles. The second kappa shape index (κ2) is 5.33. The number of nitrogens with zero attached hydrogens (tertiary/aromatic N) is 2. The smallest absolute Gasteiger partial charge is 0.261 e. The van der Waals surface area contributed by atoms with E-state index in [0.717, 1.165) is 22.9 Å². The average molecular weight is 324 g/mol. The molecule has 102 valence electrons. The predicted molar refractivity (Wildman–Crippen MR) is 79.7 cm³/mol. The molecule has 19 heavy (non-hydrogen) atoms. The molecule has 0 spiro atoms. The Morgan fingerprint density at radius 3 is 2.74 bits per heavy atom. The Kier molecular flexibility index (Phi) is 3.94. The summed E-state index contributed by atoms with van der Waals surface area (Å²) in [6.45, 7) is 2.10. The Morgan fingerprint density at radius 2 is 2.21 bits per heavy atom. The van der Waals surface area contributed by atoms with Crippen LogP contribution in [0.25, 0.3) is 0 Å². The highest BCUT2D eigenvalue weighted by Gasteiger charge is 2.47. The van der Waals surface area contributed by atoms with E-state index < -0.39 is 5.54 Å². The van der Waals surface area contributed by atoms with Gasteiger partial charge in [-0.1, -0.05) is 47.8 Å². The van der Waals surface area contributed by atoms with Gasteiger partial charge in [0.15, 0.2) is 11.5 Å². The van der Waals surface area contributed by atoms with Crippen molar-refractivity contribution in [1.82, 2.24) is 4.90 Å². The van der Waals surface area contributed by atoms with E-state index in [0.29, 0.717) is 12.4 Å². The van der Waals surface area contributed by atoms with Crippen LogP contribution in [0.4, 0.5) is 0 Å². The van der Waals surface area contributed by atoms with E-state index in [1.165, 1.54) is 4.90 Å². The lowest BCUT2D eigenvalue weighted by Gasteiger charge is -2.25. The van der Waals surface area contributed by atoms with Crippen molar-refractivity contribution in [2.75, 3.05) is 7.05 Å². The van der Waals surface area contributed by atoms with Crippen LogP contribution in [-0.4, -0.2) is 23.8 Å². The molecular formula is C14H18BrN3O. The Balaban J connectivity index is 2.50. The number of carbonyl (C=O) groups excluding carboxylic acids is 1. The molecule has 5 heteroatoms. The molecule has 1 atom stereocenters. The fourth-order valence-corrected chi connectivity index (χ4v) is 2.77. The summed E-state index contributed by atoms with van der Waals surface area (Å²) in [6, 6.07) is 7.75. The Hall–Kier alpha value is -1.36. The standard InChI is InChI=1S/C14H18BrN3O/c1-3-4-8-14(10-6-5-7-11(15)9-10)12(19)18(2)13(16)17-14/h5-7,9H,3-4,8H2,1-2H3,(H2,16,17). The molecule has 1 aliphatic rings. The molecule has 0 saturated heterocycles. The van der Waals surface area contributed by atoms with Gasteiger partial charge in [-0.05, 0) is 24.1 Å². The van der Waals surface area contributed by atoms with Gasteiger partial charge in [0.25, 0.3) is 5.91 Å². The summed E-state index contributed by atoms with van der Waals surface area (Å²) in [4.78, 5) is 18.5. The number of benzene rings is 1. The maximum Gasteiger partial charge on any atom is 0.261 e. The number of guanidine groups is 1. The van der Waals surface area contributed by atoms with Crippen LogP contribution in [0.3, 0.4) is 0 Å². The van der Waals surface area contributed by atoms with Crippen LogP contribution in [0.1, 0.15) is 31.7 Å². The monoisotopic (exact) mass is 323 g/mol. The predicted octanol–water partition coefficient (Wildman–Crippen LogP) is 2.62. The van der Waals surface area contributed by atoms with Crippen molar-refractivity contribution in [1.29, 1.82) is 0 Å². The normalized spacial score (nSPS) is 22.8. The topological polar surface area (TPSA) is 58.7 Å². The SMILES string of the molecule is CCCCC1(c2cccc(Br)c2)N=C(N)N(C)C1=O. The van der Waals surface area contributed by atoms with Gasteiger partial charge in [0.05, 0.1) is 0 Å². The molecule has 2 rings (SSSR count). The summed E-state index contributed by atoms with van der Waals surface area (Å²) in [7, 11) is 1.67. The number of unbranched alkanes of at least 4 members (excludes halogenated alkanes) is 1. The molecule has 1 aromatic carbocycles. The first-order chi connectivity index (χ1) is 9.01. The van der Waals surface area contributed by atoms with Gasteiger partial charge in [-0.2, -0.15) is 0 Å². The fraction of sp³-hybridized carbons (Fsp3) is 0.429. The van der Waals surface area contributed by atoms with E-state index in [1.54, 1.807) is 7.05 Å². The summed E-state index contributed by atoms with van der Waals surface area (Å²) in [5.41, 5.74) is 5.88. The lowest BCUT2D eigenvalue weighted by atomic mass is 9.85. The minimum atomic E-state index is -0.849. The van der Waals surface area contributed by atoms with Crippen LogP contribution in [0, 0.1) is 0 Å². The molecule has 4 nitrogen and oxygen atoms in total. The number of hydrogen-bond donors (Lipinski definition) is 1. The maximum atomic E-state index is 12.6. The molecule has 0 fully saturated rings. The third-order valence-electron chi connectivity index (χ3n) is 3.50. The van der Waals surface area contributed by atoms with Gasteiger partial charge >= 0.3 is 0 Å². The van der Waals surface area contributed by atoms with E-state index >= 15 is 0 Å². The number of hydrogen-bond acceptors (Lipinski definition) is 3. The number of carbonyl (C=O) groups is 1. The van der Waals surface area contributed by atoms with Gasteiger partial charge in [-0.3, -0.25) is 9.69 Å². The number of amides is 1. The van der Waals surface area contributed by atoms with Crippen LogP contribution in [0.5, 0.6) is 0 Å². The van der Waals surface area contributed by atoms with E-state index in [1.807, 2.05) is 24.3 Å². The average Bonchev–Trinajstić information content (AvgIpc) is 2.62. The van der Waals surface area contributed by atoms with Crippen molar-refractivity contribution < 1.29 is 4.79 Å². The highest BCUT2D eigenvalue weighted by molar-refractivity contribution is 9.10. The van der Waals surface area contributed by atoms with Gasteiger partial charge in [0, 0.05) is 11.5 Å². The largest absolute Gasteiger partial charge is 0.369 e. The number of rotatable bonds is 4. The molecule has 0 bridgehead atoms. The van der Waals surface area contributed by atoms with Crippen LogP contribution < -0.4 is 5.73 Å². The number of nitrogens with two attached hydrogens (primary N) is 1. The van der Waals surface area contributed by atoms with Crippen LogP contribution in [-0.2, 0) is 10.3 Å². The third-order valence-corrected chi connectivity index (χ3v) is 4.00. The van der Waals surface area contributed by atoms with Gasteiger partial charge in [0.2, 0.25) is 0 Å². The summed E-state index contributed by atoms with van der Waals surface area (Å²) in [6.07, 6.45) is 2.63. The van der Waals surface area contributed by atoms with Gasteiger partial charge in [-0.15, -0.1) is 0 Å². The molecule has 0 radical (unpaired) electrons. The summed E-state index contributed by atoms with van der Waals surface area (Å²) in [5, 5.41) is 0. The van der Waals surface area contributed by atoms with Crippen LogP contribution in [0.2, 0.25) is 0 Å². The molecule has 2 N–H and O–H groups in total. The summed E-state index contributed by atoms with van der Waals surface area (Å²) >= 11 is 3.45. The molecule has 1 aliphatic heterocycles. The van der Waals surface area contributed by atoms with Gasteiger partial charge in [-0.25, -0.2) is 4.99 Å². The van der Waals surface area contributed by atoms with Crippen molar-refractivity contribution in [3.63, 3.8) is 0 Å². The van der Waals surface area contributed by atoms with Crippen molar-refractivity contribution in [3.8, 4) is 0 Å². The van der Waals surface area contributed by atoms with Crippen LogP contribution in [0.15, 0.2) is 33.7 Å². The zero-order chi connectivity index (χ0) is 14.0. The van der Waals surface area contributed by atoms with Crippen molar-refractivity contribution >= 4 is 27.8 Å². The lowest BCUT2D eigenvalue weighted by molar-refractivity contribution is -0.130. The van der Waals surface area contributed by atoms with Gasteiger partial charge in [0.1, 0.15) is 0 Å². The molecule has 0 aromatic heterocycles. The third kappa shape index (κ3) is 2.39. The minimum absolute atomic E-state index is 0.0449. The molecule has 0 aliphatic carbocycles. The minimum Gasteiger partial charge on any atom is -0.369 e. The molecule has 0 saturated carbocycles.